The molecular weight excluding hydrogens is 255 g/mol. The number of aromatic nitrogens is 1. The lowest BCUT2D eigenvalue weighted by molar-refractivity contribution is 0.381. The van der Waals surface area contributed by atoms with Gasteiger partial charge in [-0.25, -0.2) is 26.9 Å². The normalized spacial score (nSPS) is 10.7. The molecule has 1 aromatic heterocycles. The molecule has 0 saturated carbocycles. The summed E-state index contributed by atoms with van der Waals surface area (Å²) in [6.07, 6.45) is 1.23. The van der Waals surface area contributed by atoms with Crippen molar-refractivity contribution >= 4 is 5.82 Å². The average Bonchev–Trinajstić information content (AvgIpc) is 2.36. The van der Waals surface area contributed by atoms with E-state index in [1.165, 1.54) is 12.3 Å². The number of rotatable bonds is 1. The van der Waals surface area contributed by atoms with Crippen molar-refractivity contribution in [2.75, 3.05) is 5.73 Å². The van der Waals surface area contributed by atoms with E-state index in [9.17, 15) is 22.0 Å². The number of nitrogen functional groups attached to an aromatic ring is 1. The van der Waals surface area contributed by atoms with Crippen molar-refractivity contribution in [1.82, 2.24) is 4.98 Å². The Bertz CT molecular complexity index is 598. The van der Waals surface area contributed by atoms with E-state index in [2.05, 4.69) is 4.98 Å². The van der Waals surface area contributed by atoms with Gasteiger partial charge >= 0.3 is 0 Å². The number of halogens is 5. The Morgan fingerprint density at radius 3 is 1.83 bits per heavy atom. The highest BCUT2D eigenvalue weighted by Crippen LogP contribution is 2.33. The van der Waals surface area contributed by atoms with Crippen LogP contribution in [0.3, 0.4) is 0 Å². The summed E-state index contributed by atoms with van der Waals surface area (Å²) in [6.45, 7) is 0. The monoisotopic (exact) mass is 260 g/mol. The second-order valence-electron chi connectivity index (χ2n) is 3.38. The lowest BCUT2D eigenvalue weighted by Crippen LogP contribution is -2.05. The lowest BCUT2D eigenvalue weighted by Gasteiger charge is -2.09. The molecular formula is C11H5F5N2. The number of pyridine rings is 1. The van der Waals surface area contributed by atoms with Gasteiger partial charge in [0.15, 0.2) is 23.3 Å². The van der Waals surface area contributed by atoms with E-state index >= 15 is 0 Å². The van der Waals surface area contributed by atoms with Gasteiger partial charge in [0, 0.05) is 11.8 Å². The van der Waals surface area contributed by atoms with E-state index in [-0.39, 0.29) is 11.4 Å². The highest BCUT2D eigenvalue weighted by molar-refractivity contribution is 5.74. The van der Waals surface area contributed by atoms with E-state index in [0.29, 0.717) is 0 Å². The van der Waals surface area contributed by atoms with Crippen molar-refractivity contribution in [3.05, 3.63) is 47.4 Å². The zero-order valence-corrected chi connectivity index (χ0v) is 8.65. The van der Waals surface area contributed by atoms with Crippen LogP contribution in [0.1, 0.15) is 0 Å². The topological polar surface area (TPSA) is 38.9 Å². The van der Waals surface area contributed by atoms with Crippen LogP contribution in [0.25, 0.3) is 11.1 Å². The van der Waals surface area contributed by atoms with Crippen molar-refractivity contribution in [2.24, 2.45) is 0 Å². The molecule has 0 fully saturated rings. The Balaban J connectivity index is 2.85. The molecule has 2 nitrogen and oxygen atoms in total. The summed E-state index contributed by atoms with van der Waals surface area (Å²) in [5, 5.41) is 0. The summed E-state index contributed by atoms with van der Waals surface area (Å²) in [4.78, 5) is 3.53. The van der Waals surface area contributed by atoms with Crippen molar-refractivity contribution < 1.29 is 22.0 Å². The summed E-state index contributed by atoms with van der Waals surface area (Å²) in [6, 6.07) is 2.38. The van der Waals surface area contributed by atoms with Crippen LogP contribution in [0.4, 0.5) is 27.8 Å². The van der Waals surface area contributed by atoms with Crippen LogP contribution in [-0.4, -0.2) is 4.98 Å². The maximum Gasteiger partial charge on any atom is 0.200 e. The molecule has 0 unspecified atom stereocenters. The molecule has 7 heteroatoms. The zero-order valence-electron chi connectivity index (χ0n) is 8.65. The van der Waals surface area contributed by atoms with Crippen molar-refractivity contribution in [2.45, 2.75) is 0 Å². The molecule has 0 bridgehead atoms. The molecule has 0 saturated heterocycles. The van der Waals surface area contributed by atoms with Gasteiger partial charge in [0.1, 0.15) is 5.82 Å². The van der Waals surface area contributed by atoms with E-state index < -0.39 is 34.6 Å². The molecule has 0 radical (unpaired) electrons. The predicted octanol–water partition coefficient (Wildman–Crippen LogP) is 3.03. The maximum atomic E-state index is 13.5. The molecule has 0 spiro atoms. The smallest absolute Gasteiger partial charge is 0.200 e. The van der Waals surface area contributed by atoms with E-state index in [1.807, 2.05) is 0 Å². The highest BCUT2D eigenvalue weighted by atomic mass is 19.2. The number of benzene rings is 1. The third-order valence-corrected chi connectivity index (χ3v) is 2.32. The molecule has 2 aromatic rings. The Morgan fingerprint density at radius 2 is 1.33 bits per heavy atom. The summed E-state index contributed by atoms with van der Waals surface area (Å²) < 4.78 is 65.8. The molecule has 2 N–H and O–H groups in total. The van der Waals surface area contributed by atoms with Crippen molar-refractivity contribution in [1.29, 1.82) is 0 Å². The van der Waals surface area contributed by atoms with Gasteiger partial charge < -0.3 is 5.73 Å². The van der Waals surface area contributed by atoms with Gasteiger partial charge in [-0.1, -0.05) is 0 Å². The molecule has 18 heavy (non-hydrogen) atoms. The Labute approximate surface area is 97.9 Å². The minimum Gasteiger partial charge on any atom is -0.383 e. The van der Waals surface area contributed by atoms with Gasteiger partial charge in [0.05, 0.1) is 5.56 Å². The summed E-state index contributed by atoms with van der Waals surface area (Å²) in [7, 11) is 0. The highest BCUT2D eigenvalue weighted by Gasteiger charge is 2.27. The first-order chi connectivity index (χ1) is 8.45. The van der Waals surface area contributed by atoms with Gasteiger partial charge in [0.2, 0.25) is 5.82 Å². The fourth-order valence-electron chi connectivity index (χ4n) is 1.47. The van der Waals surface area contributed by atoms with E-state index in [4.69, 9.17) is 5.73 Å². The molecule has 94 valence electrons. The van der Waals surface area contributed by atoms with Crippen LogP contribution in [-0.2, 0) is 0 Å². The van der Waals surface area contributed by atoms with Crippen molar-refractivity contribution in [3.8, 4) is 11.1 Å². The molecule has 1 heterocycles. The average molecular weight is 260 g/mol. The predicted molar refractivity (Wildman–Crippen MR) is 53.9 cm³/mol. The molecule has 1 aromatic carbocycles. The van der Waals surface area contributed by atoms with Gasteiger partial charge in [-0.15, -0.1) is 0 Å². The second-order valence-corrected chi connectivity index (χ2v) is 3.38. The van der Waals surface area contributed by atoms with Gasteiger partial charge in [0.25, 0.3) is 0 Å². The number of anilines is 1. The molecule has 0 aliphatic heterocycles. The van der Waals surface area contributed by atoms with Crippen LogP contribution in [0.2, 0.25) is 0 Å². The fraction of sp³-hybridized carbons (Fsp3) is 0. The quantitative estimate of drug-likeness (QED) is 0.486. The standard InChI is InChI=1S/C11H5F5N2/c12-6-5(4-2-1-3-18-11(4)17)7(13)9(15)10(16)8(6)14/h1-3H,(H2,17,18). The number of hydrogen-bond donors (Lipinski definition) is 1. The Morgan fingerprint density at radius 1 is 0.833 bits per heavy atom. The number of nitrogens with two attached hydrogens (primary N) is 1. The molecule has 0 aliphatic carbocycles. The summed E-state index contributed by atoms with van der Waals surface area (Å²) in [5.41, 5.74) is 3.90. The lowest BCUT2D eigenvalue weighted by atomic mass is 10.0. The minimum atomic E-state index is -2.21. The van der Waals surface area contributed by atoms with Crippen LogP contribution >= 0.6 is 0 Å². The first-order valence-corrected chi connectivity index (χ1v) is 4.67. The second kappa shape index (κ2) is 4.25. The molecule has 0 amide bonds. The van der Waals surface area contributed by atoms with E-state index in [1.54, 1.807) is 0 Å². The summed E-state index contributed by atoms with van der Waals surface area (Å²) in [5.74, 6) is -10.5. The zero-order chi connectivity index (χ0) is 13.4. The van der Waals surface area contributed by atoms with Gasteiger partial charge in [-0.05, 0) is 12.1 Å². The van der Waals surface area contributed by atoms with Crippen LogP contribution < -0.4 is 5.73 Å². The van der Waals surface area contributed by atoms with Gasteiger partial charge in [-0.2, -0.15) is 0 Å². The largest absolute Gasteiger partial charge is 0.383 e. The SMILES string of the molecule is Nc1ncccc1-c1c(F)c(F)c(F)c(F)c1F. The Kier molecular flexibility index (Phi) is 2.90. The van der Waals surface area contributed by atoms with E-state index in [0.717, 1.165) is 6.07 Å². The first-order valence-electron chi connectivity index (χ1n) is 4.67. The fourth-order valence-corrected chi connectivity index (χ4v) is 1.47. The number of nitrogens with zero attached hydrogens (tertiary/aromatic N) is 1. The maximum absolute atomic E-state index is 13.5. The van der Waals surface area contributed by atoms with Crippen molar-refractivity contribution in [3.63, 3.8) is 0 Å². The number of hydrogen-bond acceptors (Lipinski definition) is 2. The molecule has 0 aliphatic rings. The Hall–Kier alpha value is -2.18. The molecule has 2 rings (SSSR count). The van der Waals surface area contributed by atoms with Gasteiger partial charge in [-0.3, -0.25) is 0 Å². The molecule has 0 atom stereocenters. The first kappa shape index (κ1) is 12.3. The minimum absolute atomic E-state index is 0.333. The van der Waals surface area contributed by atoms with Crippen LogP contribution in [0, 0.1) is 29.1 Å². The third kappa shape index (κ3) is 1.68. The van der Waals surface area contributed by atoms with Crippen LogP contribution in [0.5, 0.6) is 0 Å². The summed E-state index contributed by atoms with van der Waals surface area (Å²) >= 11 is 0. The van der Waals surface area contributed by atoms with Crippen LogP contribution in [0.15, 0.2) is 18.3 Å². The third-order valence-electron chi connectivity index (χ3n) is 2.32.